The largest absolute Gasteiger partial charge is 0.392 e. The molecular formula is C10H20O3S. The van der Waals surface area contributed by atoms with Crippen molar-refractivity contribution in [2.75, 3.05) is 6.26 Å². The second kappa shape index (κ2) is 4.62. The monoisotopic (exact) mass is 220 g/mol. The molecule has 0 spiro atoms. The molecule has 1 aliphatic carbocycles. The van der Waals surface area contributed by atoms with E-state index >= 15 is 0 Å². The van der Waals surface area contributed by atoms with Crippen LogP contribution in [0.3, 0.4) is 0 Å². The van der Waals surface area contributed by atoms with E-state index in [0.29, 0.717) is 12.3 Å². The Morgan fingerprint density at radius 1 is 1.36 bits per heavy atom. The molecule has 1 aliphatic rings. The van der Waals surface area contributed by atoms with Crippen LogP contribution >= 0.6 is 0 Å². The van der Waals surface area contributed by atoms with E-state index in [0.717, 1.165) is 12.8 Å². The van der Waals surface area contributed by atoms with E-state index in [1.165, 1.54) is 19.1 Å². The summed E-state index contributed by atoms with van der Waals surface area (Å²) < 4.78 is 22.4. The van der Waals surface area contributed by atoms with Crippen molar-refractivity contribution in [1.29, 1.82) is 0 Å². The van der Waals surface area contributed by atoms with Crippen molar-refractivity contribution >= 4 is 9.84 Å². The number of hydrogen-bond donors (Lipinski definition) is 1. The Morgan fingerprint density at radius 3 is 2.29 bits per heavy atom. The van der Waals surface area contributed by atoms with E-state index < -0.39 is 21.2 Å². The quantitative estimate of drug-likeness (QED) is 0.778. The molecule has 1 rings (SSSR count). The Balaban J connectivity index is 2.44. The van der Waals surface area contributed by atoms with Gasteiger partial charge in [0.05, 0.1) is 11.4 Å². The molecular weight excluding hydrogens is 200 g/mol. The lowest BCUT2D eigenvalue weighted by atomic mass is 9.99. The van der Waals surface area contributed by atoms with Gasteiger partial charge in [0.1, 0.15) is 0 Å². The molecule has 0 aromatic heterocycles. The molecule has 0 radical (unpaired) electrons. The minimum absolute atomic E-state index is 0.536. The van der Waals surface area contributed by atoms with Crippen molar-refractivity contribution in [2.45, 2.75) is 50.4 Å². The van der Waals surface area contributed by atoms with Gasteiger partial charge in [-0.15, -0.1) is 0 Å². The van der Waals surface area contributed by atoms with E-state index in [1.807, 2.05) is 0 Å². The molecule has 4 heteroatoms. The highest BCUT2D eigenvalue weighted by atomic mass is 32.2. The molecule has 0 saturated heterocycles. The first-order valence-electron chi connectivity index (χ1n) is 5.28. The maximum atomic E-state index is 11.2. The summed E-state index contributed by atoms with van der Waals surface area (Å²) in [6.07, 6.45) is 5.90. The summed E-state index contributed by atoms with van der Waals surface area (Å²) in [7, 11) is -3.09. The second-order valence-electron chi connectivity index (χ2n) is 4.49. The molecule has 0 heterocycles. The van der Waals surface area contributed by atoms with Crippen molar-refractivity contribution < 1.29 is 13.5 Å². The van der Waals surface area contributed by atoms with Gasteiger partial charge in [0.2, 0.25) is 0 Å². The van der Waals surface area contributed by atoms with Crippen LogP contribution in [0.2, 0.25) is 0 Å². The first-order valence-corrected chi connectivity index (χ1v) is 7.23. The van der Waals surface area contributed by atoms with Gasteiger partial charge in [0.25, 0.3) is 0 Å². The molecule has 2 unspecified atom stereocenters. The normalized spacial score (nSPS) is 23.6. The minimum atomic E-state index is -3.09. The maximum absolute atomic E-state index is 11.2. The fourth-order valence-corrected chi connectivity index (χ4v) is 2.75. The Morgan fingerprint density at radius 2 is 1.86 bits per heavy atom. The van der Waals surface area contributed by atoms with Crippen molar-refractivity contribution in [2.24, 2.45) is 5.92 Å². The van der Waals surface area contributed by atoms with E-state index in [-0.39, 0.29) is 0 Å². The molecule has 1 fully saturated rings. The van der Waals surface area contributed by atoms with Crippen LogP contribution in [0.4, 0.5) is 0 Å². The van der Waals surface area contributed by atoms with Gasteiger partial charge in [-0.25, -0.2) is 8.42 Å². The minimum Gasteiger partial charge on any atom is -0.392 e. The van der Waals surface area contributed by atoms with Crippen LogP contribution < -0.4 is 0 Å². The lowest BCUT2D eigenvalue weighted by molar-refractivity contribution is 0.141. The molecule has 0 aliphatic heterocycles. The summed E-state index contributed by atoms with van der Waals surface area (Å²) >= 11 is 0. The van der Waals surface area contributed by atoms with Crippen LogP contribution in [-0.4, -0.2) is 31.1 Å². The van der Waals surface area contributed by atoms with Crippen LogP contribution in [0.5, 0.6) is 0 Å². The van der Waals surface area contributed by atoms with E-state index in [9.17, 15) is 13.5 Å². The molecule has 0 bridgehead atoms. The summed E-state index contributed by atoms with van der Waals surface area (Å²) in [6, 6.07) is 0. The molecule has 0 amide bonds. The predicted octanol–water partition coefficient (Wildman–Crippen LogP) is 1.36. The van der Waals surface area contributed by atoms with Gasteiger partial charge in [-0.05, 0) is 19.3 Å². The Labute approximate surface area is 86.4 Å². The highest BCUT2D eigenvalue weighted by molar-refractivity contribution is 7.91. The van der Waals surface area contributed by atoms with Crippen molar-refractivity contribution in [3.63, 3.8) is 0 Å². The van der Waals surface area contributed by atoms with Gasteiger partial charge >= 0.3 is 0 Å². The zero-order chi connectivity index (χ0) is 10.8. The first kappa shape index (κ1) is 12.0. The van der Waals surface area contributed by atoms with Crippen LogP contribution in [-0.2, 0) is 9.84 Å². The summed E-state index contributed by atoms with van der Waals surface area (Å²) in [5.74, 6) is 0.536. The highest BCUT2D eigenvalue weighted by Gasteiger charge is 2.27. The molecule has 1 N–H and O–H groups in total. The Hall–Kier alpha value is -0.0900. The lowest BCUT2D eigenvalue weighted by Crippen LogP contribution is -2.32. The fourth-order valence-electron chi connectivity index (χ4n) is 2.06. The smallest absolute Gasteiger partial charge is 0.152 e. The van der Waals surface area contributed by atoms with Crippen molar-refractivity contribution in [3.05, 3.63) is 0 Å². The zero-order valence-corrected chi connectivity index (χ0v) is 9.76. The fraction of sp³-hybridized carbons (Fsp3) is 1.00. The number of aliphatic hydroxyl groups excluding tert-OH is 1. The summed E-state index contributed by atoms with van der Waals surface area (Å²) in [6.45, 7) is 1.59. The third-order valence-electron chi connectivity index (χ3n) is 3.27. The van der Waals surface area contributed by atoms with Crippen molar-refractivity contribution in [3.8, 4) is 0 Å². The standard InChI is InChI=1S/C10H20O3S/c1-8(14(2,12)13)10(11)7-9-5-3-4-6-9/h8-11H,3-7H2,1-2H3. The average molecular weight is 220 g/mol. The number of rotatable bonds is 4. The molecule has 3 nitrogen and oxygen atoms in total. The Kier molecular flexibility index (Phi) is 3.95. The second-order valence-corrected chi connectivity index (χ2v) is 6.89. The lowest BCUT2D eigenvalue weighted by Gasteiger charge is -2.20. The Bertz CT molecular complexity index is 265. The highest BCUT2D eigenvalue weighted by Crippen LogP contribution is 2.29. The molecule has 14 heavy (non-hydrogen) atoms. The van der Waals surface area contributed by atoms with Crippen LogP contribution in [0.1, 0.15) is 39.0 Å². The van der Waals surface area contributed by atoms with Crippen LogP contribution in [0.15, 0.2) is 0 Å². The third kappa shape index (κ3) is 3.24. The molecule has 0 aromatic rings. The predicted molar refractivity (Wildman–Crippen MR) is 56.9 cm³/mol. The van der Waals surface area contributed by atoms with Gasteiger partial charge in [-0.1, -0.05) is 25.7 Å². The van der Waals surface area contributed by atoms with E-state index in [2.05, 4.69) is 0 Å². The molecule has 1 saturated carbocycles. The maximum Gasteiger partial charge on any atom is 0.152 e. The number of sulfone groups is 1. The summed E-state index contributed by atoms with van der Waals surface area (Å²) in [4.78, 5) is 0. The van der Waals surface area contributed by atoms with E-state index in [4.69, 9.17) is 0 Å². The summed E-state index contributed by atoms with van der Waals surface area (Å²) in [5.41, 5.74) is 0. The molecule has 84 valence electrons. The first-order chi connectivity index (χ1) is 6.41. The van der Waals surface area contributed by atoms with Gasteiger partial charge in [0.15, 0.2) is 9.84 Å². The van der Waals surface area contributed by atoms with Crippen LogP contribution in [0.25, 0.3) is 0 Å². The number of aliphatic hydroxyl groups is 1. The SMILES string of the molecule is CC(C(O)CC1CCCC1)S(C)(=O)=O. The van der Waals surface area contributed by atoms with Crippen LogP contribution in [0, 0.1) is 5.92 Å². The van der Waals surface area contributed by atoms with Gasteiger partial charge in [0, 0.05) is 6.26 Å². The topological polar surface area (TPSA) is 54.4 Å². The average Bonchev–Trinajstić information content (AvgIpc) is 2.53. The molecule has 0 aromatic carbocycles. The number of hydrogen-bond acceptors (Lipinski definition) is 3. The molecule has 2 atom stereocenters. The summed E-state index contributed by atoms with van der Waals surface area (Å²) in [5, 5.41) is 9.11. The van der Waals surface area contributed by atoms with Crippen molar-refractivity contribution in [1.82, 2.24) is 0 Å². The van der Waals surface area contributed by atoms with Gasteiger partial charge in [-0.2, -0.15) is 0 Å². The van der Waals surface area contributed by atoms with Gasteiger partial charge in [-0.3, -0.25) is 0 Å². The zero-order valence-electron chi connectivity index (χ0n) is 8.94. The third-order valence-corrected chi connectivity index (χ3v) is 4.93. The van der Waals surface area contributed by atoms with E-state index in [1.54, 1.807) is 6.92 Å². The van der Waals surface area contributed by atoms with Gasteiger partial charge < -0.3 is 5.11 Å².